The summed E-state index contributed by atoms with van der Waals surface area (Å²) in [6, 6.07) is 13.7. The van der Waals surface area contributed by atoms with Crippen LogP contribution in [0.4, 0.5) is 20.4 Å². The van der Waals surface area contributed by atoms with Crippen molar-refractivity contribution in [3.05, 3.63) is 101 Å². The first kappa shape index (κ1) is 48.4. The molecule has 2 amide bonds. The third kappa shape index (κ3) is 9.94. The third-order valence-electron chi connectivity index (χ3n) is 9.39. The number of carbonyl (C=O) groups excluding carboxylic acids is 2. The Balaban J connectivity index is 0.000000263. The highest BCUT2D eigenvalue weighted by molar-refractivity contribution is 7.92. The fraction of sp³-hybridized carbons (Fsp3) is 0.286. The zero-order chi connectivity index (χ0) is 46.6. The predicted molar refractivity (Wildman–Crippen MR) is 235 cm³/mol. The maximum absolute atomic E-state index is 13.4. The van der Waals surface area contributed by atoms with Gasteiger partial charge in [-0.3, -0.25) is 18.2 Å². The van der Waals surface area contributed by atoms with Gasteiger partial charge < -0.3 is 29.7 Å². The fourth-order valence-corrected chi connectivity index (χ4v) is 6.83. The van der Waals surface area contributed by atoms with Crippen LogP contribution in [-0.2, 0) is 25.6 Å². The average Bonchev–Trinajstić information content (AvgIpc) is 3.80. The fourth-order valence-electron chi connectivity index (χ4n) is 5.93. The molecule has 4 N–H and O–H groups in total. The highest BCUT2D eigenvalue weighted by Gasteiger charge is 2.34. The molecular weight excluding hydrogens is 851 g/mol. The summed E-state index contributed by atoms with van der Waals surface area (Å²) >= 11 is 0. The number of aliphatic hydroxyl groups is 2. The van der Waals surface area contributed by atoms with Gasteiger partial charge >= 0.3 is 0 Å². The van der Waals surface area contributed by atoms with Gasteiger partial charge in [-0.1, -0.05) is 20.4 Å². The molecule has 6 rings (SSSR count). The highest BCUT2D eigenvalue weighted by atomic mass is 32.2. The molecule has 0 aliphatic rings. The molecule has 0 bridgehead atoms. The van der Waals surface area contributed by atoms with E-state index in [-0.39, 0.29) is 56.7 Å². The Bertz CT molecular complexity index is 2880. The number of aliphatic hydroxyl groups excluding tert-OH is 1. The number of aromatic nitrogens is 2. The van der Waals surface area contributed by atoms with Crippen molar-refractivity contribution >= 4 is 71.3 Å². The van der Waals surface area contributed by atoms with Crippen LogP contribution in [0.5, 0.6) is 0 Å². The topological polar surface area (TPSA) is 225 Å². The summed E-state index contributed by atoms with van der Waals surface area (Å²) < 4.78 is 88.6. The molecule has 332 valence electrons. The molecule has 0 aliphatic heterocycles. The highest BCUT2D eigenvalue weighted by Crippen LogP contribution is 2.40. The van der Waals surface area contributed by atoms with Crippen molar-refractivity contribution in [2.24, 2.45) is 0 Å². The van der Waals surface area contributed by atoms with Gasteiger partial charge in [0.2, 0.25) is 31.5 Å². The summed E-state index contributed by atoms with van der Waals surface area (Å²) in [5.74, 6) is -1.58. The summed E-state index contributed by atoms with van der Waals surface area (Å²) in [7, 11) is -1.86. The number of hydrogen-bond donors (Lipinski definition) is 4. The molecule has 0 saturated heterocycles. The number of benzene rings is 2. The number of nitrogens with zero attached hydrogens (tertiary/aromatic N) is 4. The predicted octanol–water partition coefficient (Wildman–Crippen LogP) is 6.04. The van der Waals surface area contributed by atoms with Crippen molar-refractivity contribution in [1.29, 1.82) is 0 Å². The molecule has 20 heteroatoms. The van der Waals surface area contributed by atoms with Crippen molar-refractivity contribution in [3.63, 3.8) is 0 Å². The molecular formula is C42H48F2N6O10S2. The summed E-state index contributed by atoms with van der Waals surface area (Å²) in [5, 5.41) is 26.0. The van der Waals surface area contributed by atoms with E-state index in [4.69, 9.17) is 8.83 Å². The molecule has 16 nitrogen and oxygen atoms in total. The van der Waals surface area contributed by atoms with Gasteiger partial charge in [-0.15, -0.1) is 0 Å². The van der Waals surface area contributed by atoms with Gasteiger partial charge in [0, 0.05) is 50.4 Å². The second kappa shape index (κ2) is 18.8. The van der Waals surface area contributed by atoms with Crippen LogP contribution in [0.25, 0.3) is 50.4 Å². The summed E-state index contributed by atoms with van der Waals surface area (Å²) in [4.78, 5) is 33.9. The number of amides is 2. The maximum Gasteiger partial charge on any atom is 0.255 e. The number of rotatable bonds is 11. The van der Waals surface area contributed by atoms with Gasteiger partial charge in [-0.05, 0) is 80.1 Å². The van der Waals surface area contributed by atoms with E-state index in [2.05, 4.69) is 27.2 Å². The quantitative estimate of drug-likeness (QED) is 0.117. The first-order valence-corrected chi connectivity index (χ1v) is 22.4. The van der Waals surface area contributed by atoms with Crippen LogP contribution in [0.1, 0.15) is 59.5 Å². The lowest BCUT2D eigenvalue weighted by Gasteiger charge is -2.27. The molecule has 0 saturated carbocycles. The van der Waals surface area contributed by atoms with Crippen LogP contribution in [0.3, 0.4) is 0 Å². The molecule has 0 fully saturated rings. The largest absolute Gasteiger partial charge is 0.437 e. The Morgan fingerprint density at radius 1 is 0.758 bits per heavy atom. The number of hydrogen-bond acceptors (Lipinski definition) is 12. The number of furan rings is 2. The summed E-state index contributed by atoms with van der Waals surface area (Å²) in [5.41, 5.74) is 0.316. The first-order valence-electron chi connectivity index (χ1n) is 18.7. The molecule has 0 radical (unpaired) electrons. The Morgan fingerprint density at radius 3 is 1.48 bits per heavy atom. The Hall–Kier alpha value is -6.22. The van der Waals surface area contributed by atoms with Gasteiger partial charge in [0.15, 0.2) is 11.6 Å². The molecule has 4 aromatic heterocycles. The van der Waals surface area contributed by atoms with Crippen molar-refractivity contribution < 1.29 is 54.3 Å². The number of anilines is 2. The van der Waals surface area contributed by atoms with Gasteiger partial charge in [-0.25, -0.2) is 25.6 Å². The Kier molecular flexibility index (Phi) is 14.7. The van der Waals surface area contributed by atoms with E-state index in [0.29, 0.717) is 27.6 Å². The lowest BCUT2D eigenvalue weighted by molar-refractivity contribution is -0.00190. The third-order valence-corrected chi connectivity index (χ3v) is 11.7. The molecule has 6 aromatic rings. The monoisotopic (exact) mass is 898 g/mol. The van der Waals surface area contributed by atoms with Gasteiger partial charge in [-0.2, -0.15) is 9.97 Å². The standard InChI is InChI=1S/C20H22FN3O6S.C20H20FN3O4S.C2H6/c1-20(27,10-25)14-9-13-15(18(26)22-2)16(11-5-7-12(21)8-6-11)30-19(13)23-17(14)24(3)31(4,28)29;1-11(2)14-10-15-16(19(25)22-3)17(12-6-8-13(21)9-7-12)28-20(15)23-18(14)24(4)29(5,26)27;1-2/h5-9,25,27H,10H2,1-4H3,(H,22,26);6-10H,1H2,2-5H3,(H,22,25);1-2H3. The molecule has 0 spiro atoms. The number of pyridine rings is 2. The molecule has 4 heterocycles. The van der Waals surface area contributed by atoms with E-state index in [1.54, 1.807) is 13.0 Å². The SMILES string of the molecule is C=C(C)c1cc2c(C(=O)NC)c(-c3ccc(F)cc3)oc2nc1N(C)S(C)(=O)=O.CC.CNC(=O)c1c(-c2ccc(F)cc2)oc2nc(N(C)S(C)(=O)=O)c(C(C)(O)CO)cc12. The minimum Gasteiger partial charge on any atom is -0.437 e. The number of nitrogens with one attached hydrogen (secondary N) is 2. The second-order valence-electron chi connectivity index (χ2n) is 13.9. The van der Waals surface area contributed by atoms with Crippen LogP contribution >= 0.6 is 0 Å². The number of halogens is 2. The second-order valence-corrected chi connectivity index (χ2v) is 17.9. The molecule has 0 aliphatic carbocycles. The average molecular weight is 899 g/mol. The van der Waals surface area contributed by atoms with Gasteiger partial charge in [0.25, 0.3) is 11.8 Å². The van der Waals surface area contributed by atoms with Crippen molar-refractivity contribution in [2.45, 2.75) is 33.3 Å². The van der Waals surface area contributed by atoms with Crippen LogP contribution in [-0.4, -0.2) is 96.1 Å². The first-order chi connectivity index (χ1) is 28.9. The van der Waals surface area contributed by atoms with Crippen molar-refractivity contribution in [3.8, 4) is 22.6 Å². The minimum absolute atomic E-state index is 0.0213. The summed E-state index contributed by atoms with van der Waals surface area (Å²) in [6.07, 6.45) is 2.02. The van der Waals surface area contributed by atoms with Crippen LogP contribution < -0.4 is 19.2 Å². The lowest BCUT2D eigenvalue weighted by atomic mass is 9.95. The van der Waals surface area contributed by atoms with E-state index in [0.717, 1.165) is 21.1 Å². The summed E-state index contributed by atoms with van der Waals surface area (Å²) in [6.45, 7) is 10.2. The van der Waals surface area contributed by atoms with Gasteiger partial charge in [0.1, 0.15) is 28.8 Å². The van der Waals surface area contributed by atoms with Crippen LogP contribution in [0.2, 0.25) is 0 Å². The number of fused-ring (bicyclic) bond motifs is 2. The van der Waals surface area contributed by atoms with Crippen LogP contribution in [0, 0.1) is 11.6 Å². The Labute approximate surface area is 358 Å². The van der Waals surface area contributed by atoms with Crippen molar-refractivity contribution in [2.75, 3.05) is 55.9 Å². The Morgan fingerprint density at radius 2 is 1.13 bits per heavy atom. The van der Waals surface area contributed by atoms with E-state index in [9.17, 15) is 45.4 Å². The minimum atomic E-state index is -3.78. The molecule has 62 heavy (non-hydrogen) atoms. The van der Waals surface area contributed by atoms with E-state index in [1.807, 2.05) is 13.8 Å². The van der Waals surface area contributed by atoms with Gasteiger partial charge in [0.05, 0.1) is 41.0 Å². The normalized spacial score (nSPS) is 12.4. The molecule has 1 atom stereocenters. The zero-order valence-corrected chi connectivity index (χ0v) is 37.3. The zero-order valence-electron chi connectivity index (χ0n) is 35.7. The van der Waals surface area contributed by atoms with E-state index >= 15 is 0 Å². The van der Waals surface area contributed by atoms with Crippen LogP contribution in [0.15, 0.2) is 76.1 Å². The smallest absolute Gasteiger partial charge is 0.255 e. The molecule has 1 unspecified atom stereocenters. The lowest BCUT2D eigenvalue weighted by Crippen LogP contribution is -2.33. The number of carbonyl (C=O) groups is 2. The van der Waals surface area contributed by atoms with E-state index in [1.165, 1.54) is 89.7 Å². The number of allylic oxidation sites excluding steroid dienone is 1. The van der Waals surface area contributed by atoms with Crippen molar-refractivity contribution in [1.82, 2.24) is 20.6 Å². The van der Waals surface area contributed by atoms with E-state index < -0.39 is 55.7 Å². The maximum atomic E-state index is 13.4. The number of sulfonamides is 2. The molecule has 2 aromatic carbocycles.